The van der Waals surface area contributed by atoms with E-state index >= 15 is 0 Å². The van der Waals surface area contributed by atoms with Crippen LogP contribution in [0.2, 0.25) is 0 Å². The summed E-state index contributed by atoms with van der Waals surface area (Å²) >= 11 is 0. The molecule has 0 amide bonds. The molecular weight excluding hydrogens is 359 g/mol. The zero-order valence-corrected chi connectivity index (χ0v) is 15.7. The normalized spacial score (nSPS) is 27.6. The standard InChI is InChI=1S/C19H22N2O2.2ClH/c1-2-12-11-21-8-6-13(12)9-18(21)19(23)15-5-7-20-17-4-3-14(22)10-16(15)17;;/h2-5,7,10,13,18-19,22-23H,6,8-9,11H2,1H3;2*1H/b12-2-;;. The Balaban J connectivity index is 0.00000113. The van der Waals surface area contributed by atoms with E-state index in [2.05, 4.69) is 18.0 Å². The number of aromatic amines is 1. The van der Waals surface area contributed by atoms with Crippen LogP contribution >= 0.6 is 0 Å². The number of piperidine rings is 3. The minimum Gasteiger partial charge on any atom is -1.00 e. The first-order valence-corrected chi connectivity index (χ1v) is 8.48. The molecule has 0 saturated carbocycles. The van der Waals surface area contributed by atoms with Gasteiger partial charge >= 0.3 is 0 Å². The molecule has 3 aliphatic heterocycles. The maximum Gasteiger partial charge on any atom is 0.211 e. The van der Waals surface area contributed by atoms with Gasteiger partial charge in [-0.15, -0.1) is 0 Å². The second-order valence-electron chi connectivity index (χ2n) is 6.88. The Morgan fingerprint density at radius 3 is 2.76 bits per heavy atom. The number of allylic oxidation sites excluding steroid dienone is 1. The summed E-state index contributed by atoms with van der Waals surface area (Å²) in [6.45, 7) is 4.34. The molecule has 2 bridgehead atoms. The van der Waals surface area contributed by atoms with Crippen molar-refractivity contribution in [2.45, 2.75) is 31.9 Å². The number of phenols is 1. The Labute approximate surface area is 160 Å². The van der Waals surface area contributed by atoms with Crippen LogP contribution in [-0.4, -0.2) is 29.3 Å². The first kappa shape index (κ1) is 20.0. The number of hydrogen-bond donors (Lipinski definition) is 3. The molecule has 3 fully saturated rings. The van der Waals surface area contributed by atoms with E-state index in [9.17, 15) is 10.2 Å². The van der Waals surface area contributed by atoms with E-state index in [1.165, 1.54) is 11.3 Å². The Hall–Kier alpha value is -1.33. The molecule has 1 aromatic heterocycles. The molecule has 0 spiro atoms. The summed E-state index contributed by atoms with van der Waals surface area (Å²) in [6.07, 6.45) is 5.93. The quantitative estimate of drug-likeness (QED) is 0.455. The lowest BCUT2D eigenvalue weighted by Crippen LogP contribution is -3.19. The Kier molecular flexibility index (Phi) is 6.33. The van der Waals surface area contributed by atoms with Gasteiger partial charge in [0.1, 0.15) is 17.9 Å². The van der Waals surface area contributed by atoms with Crippen molar-refractivity contribution in [1.82, 2.24) is 0 Å². The molecule has 3 saturated heterocycles. The number of aromatic nitrogens is 1. The third-order valence-corrected chi connectivity index (χ3v) is 5.72. The molecule has 4 heterocycles. The number of pyridine rings is 1. The van der Waals surface area contributed by atoms with Gasteiger partial charge in [-0.3, -0.25) is 0 Å². The highest BCUT2D eigenvalue weighted by atomic mass is 35.5. The summed E-state index contributed by atoms with van der Waals surface area (Å²) in [5.74, 6) is 0.867. The van der Waals surface area contributed by atoms with Crippen molar-refractivity contribution in [3.05, 3.63) is 47.7 Å². The van der Waals surface area contributed by atoms with Gasteiger partial charge < -0.3 is 39.9 Å². The largest absolute Gasteiger partial charge is 1.00 e. The molecule has 3 aliphatic rings. The first-order chi connectivity index (χ1) is 11.2. The number of aliphatic hydroxyl groups excluding tert-OH is 1. The van der Waals surface area contributed by atoms with Gasteiger partial charge in [0.15, 0.2) is 6.20 Å². The highest BCUT2D eigenvalue weighted by Gasteiger charge is 2.44. The number of fused-ring (bicyclic) bond motifs is 4. The number of hydrogen-bond acceptors (Lipinski definition) is 2. The minimum absolute atomic E-state index is 0. The zero-order chi connectivity index (χ0) is 16.0. The maximum absolute atomic E-state index is 11.1. The van der Waals surface area contributed by atoms with E-state index in [0.29, 0.717) is 5.92 Å². The van der Waals surface area contributed by atoms with Crippen molar-refractivity contribution in [2.24, 2.45) is 5.92 Å². The number of benzene rings is 1. The second kappa shape index (κ2) is 7.92. The summed E-state index contributed by atoms with van der Waals surface area (Å²) in [7, 11) is 0. The van der Waals surface area contributed by atoms with Crippen LogP contribution in [0.25, 0.3) is 10.9 Å². The Morgan fingerprint density at radius 2 is 2.08 bits per heavy atom. The molecule has 136 valence electrons. The first-order valence-electron chi connectivity index (χ1n) is 8.48. The molecule has 1 aromatic carbocycles. The summed E-state index contributed by atoms with van der Waals surface area (Å²) in [4.78, 5) is 4.68. The average molecular weight is 383 g/mol. The summed E-state index contributed by atoms with van der Waals surface area (Å²) in [5.41, 5.74) is 3.42. The third-order valence-electron chi connectivity index (χ3n) is 5.72. The van der Waals surface area contributed by atoms with Gasteiger partial charge in [0.2, 0.25) is 5.52 Å². The lowest BCUT2D eigenvalue weighted by Gasteiger charge is -2.45. The van der Waals surface area contributed by atoms with E-state index in [0.717, 1.165) is 36.0 Å². The summed E-state index contributed by atoms with van der Waals surface area (Å²) in [5, 5.41) is 21.8. The molecule has 4 unspecified atom stereocenters. The zero-order valence-electron chi connectivity index (χ0n) is 14.2. The minimum atomic E-state index is -0.495. The molecule has 4 nitrogen and oxygen atoms in total. The smallest absolute Gasteiger partial charge is 0.211 e. The summed E-state index contributed by atoms with van der Waals surface area (Å²) < 4.78 is 0. The van der Waals surface area contributed by atoms with Gasteiger partial charge in [0.25, 0.3) is 0 Å². The van der Waals surface area contributed by atoms with Gasteiger partial charge in [-0.2, -0.15) is 0 Å². The van der Waals surface area contributed by atoms with Crippen molar-refractivity contribution < 1.29 is 44.9 Å². The molecule has 5 rings (SSSR count). The van der Waals surface area contributed by atoms with E-state index in [4.69, 9.17) is 0 Å². The molecule has 6 heteroatoms. The second-order valence-corrected chi connectivity index (χ2v) is 6.88. The number of H-pyrrole nitrogens is 1. The van der Waals surface area contributed by atoms with Crippen LogP contribution in [0.1, 0.15) is 31.4 Å². The van der Waals surface area contributed by atoms with Crippen LogP contribution in [-0.2, 0) is 0 Å². The predicted octanol–water partition coefficient (Wildman–Crippen LogP) is -4.98. The molecule has 4 atom stereocenters. The van der Waals surface area contributed by atoms with E-state index in [1.807, 2.05) is 18.3 Å². The van der Waals surface area contributed by atoms with E-state index < -0.39 is 6.10 Å². The number of rotatable bonds is 2. The number of quaternary nitrogens is 1. The fourth-order valence-corrected chi connectivity index (χ4v) is 4.47. The highest BCUT2D eigenvalue weighted by molar-refractivity contribution is 5.81. The lowest BCUT2D eigenvalue weighted by molar-refractivity contribution is -0.939. The summed E-state index contributed by atoms with van der Waals surface area (Å²) in [6, 6.07) is 7.47. The Morgan fingerprint density at radius 1 is 1.28 bits per heavy atom. The third kappa shape index (κ3) is 3.49. The van der Waals surface area contributed by atoms with Crippen LogP contribution in [0.15, 0.2) is 42.1 Å². The van der Waals surface area contributed by atoms with E-state index in [-0.39, 0.29) is 36.6 Å². The maximum atomic E-state index is 11.1. The molecule has 25 heavy (non-hydrogen) atoms. The van der Waals surface area contributed by atoms with Crippen LogP contribution in [0.3, 0.4) is 0 Å². The van der Waals surface area contributed by atoms with Crippen LogP contribution in [0.4, 0.5) is 0 Å². The lowest BCUT2D eigenvalue weighted by atomic mass is 9.76. The number of halogens is 2. The molecule has 0 aliphatic carbocycles. The van der Waals surface area contributed by atoms with Gasteiger partial charge in [-0.25, -0.2) is 4.98 Å². The van der Waals surface area contributed by atoms with Gasteiger partial charge in [-0.1, -0.05) is 6.08 Å². The number of aliphatic hydroxyl groups is 1. The number of aromatic hydroxyl groups is 1. The van der Waals surface area contributed by atoms with Gasteiger partial charge in [-0.05, 0) is 30.5 Å². The number of phenolic OH excluding ortho intramolecular Hbond substituents is 1. The van der Waals surface area contributed by atoms with Crippen molar-refractivity contribution >= 4 is 10.9 Å². The van der Waals surface area contributed by atoms with Crippen LogP contribution < -0.4 is 34.7 Å². The fourth-order valence-electron chi connectivity index (χ4n) is 4.47. The topological polar surface area (TPSA) is 59.0 Å². The molecular formula is C19H24Cl2N2O2. The fraction of sp³-hybridized carbons (Fsp3) is 0.421. The van der Waals surface area contributed by atoms with Crippen molar-refractivity contribution in [2.75, 3.05) is 13.1 Å². The average Bonchev–Trinajstić information content (AvgIpc) is 2.60. The van der Waals surface area contributed by atoms with Crippen LogP contribution in [0, 0.1) is 5.92 Å². The van der Waals surface area contributed by atoms with E-state index in [1.54, 1.807) is 17.7 Å². The van der Waals surface area contributed by atoms with Gasteiger partial charge in [0.05, 0.1) is 18.5 Å². The van der Waals surface area contributed by atoms with Gasteiger partial charge in [0, 0.05) is 30.5 Å². The van der Waals surface area contributed by atoms with Crippen LogP contribution in [0.5, 0.6) is 5.75 Å². The van der Waals surface area contributed by atoms with Crippen molar-refractivity contribution in [3.63, 3.8) is 0 Å². The molecule has 2 aromatic rings. The monoisotopic (exact) mass is 382 g/mol. The molecule has 0 radical (unpaired) electrons. The van der Waals surface area contributed by atoms with Crippen molar-refractivity contribution in [1.29, 1.82) is 0 Å². The SMILES string of the molecule is C/C=C1/C[NH+]2CCC1CC2C(O)c1cc[nH+]c2ccc(O)cc12.[Cl-].[Cl-]. The van der Waals surface area contributed by atoms with Crippen molar-refractivity contribution in [3.8, 4) is 5.75 Å². The number of nitrogens with one attached hydrogen (secondary N) is 2. The Bertz CT molecular complexity index is 781. The predicted molar refractivity (Wildman–Crippen MR) is 88.1 cm³/mol. The highest BCUT2D eigenvalue weighted by Crippen LogP contribution is 2.33. The molecule has 4 N–H and O–H groups in total.